The van der Waals surface area contributed by atoms with Gasteiger partial charge in [-0.2, -0.15) is 10.1 Å². The number of aromatic nitrogens is 5. The summed E-state index contributed by atoms with van der Waals surface area (Å²) in [5.41, 5.74) is 1.31. The Morgan fingerprint density at radius 1 is 1.13 bits per heavy atom. The van der Waals surface area contributed by atoms with E-state index in [1.807, 2.05) is 22.5 Å². The van der Waals surface area contributed by atoms with Crippen LogP contribution < -0.4 is 5.32 Å². The highest BCUT2D eigenvalue weighted by molar-refractivity contribution is 7.90. The van der Waals surface area contributed by atoms with E-state index in [0.29, 0.717) is 53.4 Å². The zero-order valence-electron chi connectivity index (χ0n) is 16.3. The van der Waals surface area contributed by atoms with Crippen molar-refractivity contribution in [2.45, 2.75) is 37.0 Å². The Morgan fingerprint density at radius 2 is 1.87 bits per heavy atom. The monoisotopic (exact) mass is 469 g/mol. The topological polar surface area (TPSA) is 97.9 Å². The van der Waals surface area contributed by atoms with Crippen LogP contribution in [-0.2, 0) is 17.1 Å². The largest absolute Gasteiger partial charge is 0.334 e. The van der Waals surface area contributed by atoms with Crippen LogP contribution in [-0.4, -0.2) is 55.4 Å². The molecule has 9 nitrogen and oxygen atoms in total. The number of fused-ring (bicyclic) bond motifs is 1. The van der Waals surface area contributed by atoms with Crippen LogP contribution in [0.4, 0.5) is 11.6 Å². The van der Waals surface area contributed by atoms with E-state index in [1.165, 1.54) is 0 Å². The lowest BCUT2D eigenvalue weighted by Gasteiger charge is -2.31. The van der Waals surface area contributed by atoms with E-state index >= 15 is 0 Å². The highest BCUT2D eigenvalue weighted by Crippen LogP contribution is 2.35. The van der Waals surface area contributed by atoms with E-state index in [9.17, 15) is 8.42 Å². The number of hydrogen-bond donors (Lipinski definition) is 1. The smallest absolute Gasteiger partial charge is 0.229 e. The lowest BCUT2D eigenvalue weighted by atomic mass is 10.1. The first-order chi connectivity index (χ1) is 14.3. The van der Waals surface area contributed by atoms with Crippen LogP contribution in [0.15, 0.2) is 18.6 Å². The number of aryl methyl sites for hydroxylation is 1. The summed E-state index contributed by atoms with van der Waals surface area (Å²) >= 11 is 12.5. The average Bonchev–Trinajstić information content (AvgIpc) is 3.48. The Hall–Kier alpha value is -1.88. The van der Waals surface area contributed by atoms with E-state index in [-0.39, 0.29) is 11.3 Å². The van der Waals surface area contributed by atoms with Crippen LogP contribution in [0.1, 0.15) is 31.7 Å². The molecule has 1 N–H and O–H groups in total. The number of nitrogens with one attached hydrogen (secondary N) is 1. The third-order valence-corrected chi connectivity index (χ3v) is 8.68. The van der Waals surface area contributed by atoms with Gasteiger partial charge in [0.15, 0.2) is 5.15 Å². The van der Waals surface area contributed by atoms with Crippen molar-refractivity contribution in [3.05, 3.63) is 28.8 Å². The summed E-state index contributed by atoms with van der Waals surface area (Å²) in [4.78, 5) is 8.81. The fourth-order valence-corrected chi connectivity index (χ4v) is 6.21. The Labute approximate surface area is 184 Å². The molecule has 1 aliphatic carbocycles. The van der Waals surface area contributed by atoms with Crippen molar-refractivity contribution < 1.29 is 8.42 Å². The van der Waals surface area contributed by atoms with Gasteiger partial charge in [-0.05, 0) is 25.7 Å². The molecular formula is C18H21Cl2N7O2S. The van der Waals surface area contributed by atoms with Gasteiger partial charge in [0.25, 0.3) is 0 Å². The standard InChI is InChI=1S/C18H21Cl2N7O2S/c1-25-9-14(19)13-8-21-18(23-17(13)25)22-15-10-27(24-16(15)20)11-4-6-26(7-5-11)30(28,29)12-2-3-12/h8-12H,2-7H2,1H3,(H,21,22,23). The van der Waals surface area contributed by atoms with Crippen molar-refractivity contribution in [2.24, 2.45) is 7.05 Å². The maximum Gasteiger partial charge on any atom is 0.229 e. The number of rotatable bonds is 5. The van der Waals surface area contributed by atoms with Crippen molar-refractivity contribution in [3.8, 4) is 0 Å². The molecule has 1 saturated heterocycles. The second kappa shape index (κ2) is 7.37. The van der Waals surface area contributed by atoms with Crippen LogP contribution in [0.25, 0.3) is 11.0 Å². The average molecular weight is 470 g/mol. The number of nitrogens with zero attached hydrogens (tertiary/aromatic N) is 6. The molecule has 3 aromatic heterocycles. The van der Waals surface area contributed by atoms with Gasteiger partial charge in [0.2, 0.25) is 16.0 Å². The Morgan fingerprint density at radius 3 is 2.57 bits per heavy atom. The number of piperidine rings is 1. The number of sulfonamides is 1. The summed E-state index contributed by atoms with van der Waals surface area (Å²) in [6.45, 7) is 1.02. The normalized spacial score (nSPS) is 18.9. The van der Waals surface area contributed by atoms with Gasteiger partial charge < -0.3 is 9.88 Å². The first-order valence-electron chi connectivity index (χ1n) is 9.81. The van der Waals surface area contributed by atoms with E-state index in [2.05, 4.69) is 20.4 Å². The molecule has 1 saturated carbocycles. The first-order valence-corrected chi connectivity index (χ1v) is 12.1. The molecule has 30 heavy (non-hydrogen) atoms. The van der Waals surface area contributed by atoms with Crippen LogP contribution >= 0.6 is 23.2 Å². The molecule has 160 valence electrons. The van der Waals surface area contributed by atoms with Crippen molar-refractivity contribution in [3.63, 3.8) is 0 Å². The Bertz CT molecular complexity index is 1210. The summed E-state index contributed by atoms with van der Waals surface area (Å²) < 4.78 is 30.1. The zero-order valence-corrected chi connectivity index (χ0v) is 18.6. The van der Waals surface area contributed by atoms with Gasteiger partial charge in [-0.25, -0.2) is 17.7 Å². The van der Waals surface area contributed by atoms with Gasteiger partial charge in [0.1, 0.15) is 5.65 Å². The molecule has 12 heteroatoms. The second-order valence-electron chi connectivity index (χ2n) is 7.83. The van der Waals surface area contributed by atoms with Crippen LogP contribution in [0.3, 0.4) is 0 Å². The molecule has 3 aromatic rings. The van der Waals surface area contributed by atoms with Crippen molar-refractivity contribution in [2.75, 3.05) is 18.4 Å². The first kappa shape index (κ1) is 20.0. The van der Waals surface area contributed by atoms with Gasteiger partial charge >= 0.3 is 0 Å². The minimum Gasteiger partial charge on any atom is -0.334 e. The van der Waals surface area contributed by atoms with Crippen molar-refractivity contribution >= 4 is 55.9 Å². The summed E-state index contributed by atoms with van der Waals surface area (Å²) in [6.07, 6.45) is 8.25. The van der Waals surface area contributed by atoms with Crippen molar-refractivity contribution in [1.29, 1.82) is 0 Å². The van der Waals surface area contributed by atoms with E-state index in [1.54, 1.807) is 16.7 Å². The predicted molar refractivity (Wildman–Crippen MR) is 116 cm³/mol. The number of anilines is 2. The number of hydrogen-bond acceptors (Lipinski definition) is 6. The molecule has 1 aliphatic heterocycles. The molecule has 0 aromatic carbocycles. The molecule has 0 amide bonds. The molecule has 2 aliphatic rings. The third-order valence-electron chi connectivity index (χ3n) is 5.70. The molecular weight excluding hydrogens is 449 g/mol. The van der Waals surface area contributed by atoms with Gasteiger partial charge in [0.05, 0.1) is 33.6 Å². The molecule has 2 fully saturated rings. The van der Waals surface area contributed by atoms with E-state index in [4.69, 9.17) is 23.2 Å². The maximum absolute atomic E-state index is 12.4. The molecule has 5 rings (SSSR count). The lowest BCUT2D eigenvalue weighted by Crippen LogP contribution is -2.40. The SMILES string of the molecule is Cn1cc(Cl)c2cnc(Nc3cn(C4CCN(S(=O)(=O)C5CC5)CC4)nc3Cl)nc21. The Kier molecular flexibility index (Phi) is 4.92. The molecule has 0 unspecified atom stereocenters. The van der Waals surface area contributed by atoms with Crippen LogP contribution in [0, 0.1) is 0 Å². The summed E-state index contributed by atoms with van der Waals surface area (Å²) in [6, 6.07) is 0.0961. The predicted octanol–water partition coefficient (Wildman–Crippen LogP) is 3.34. The van der Waals surface area contributed by atoms with E-state index < -0.39 is 10.0 Å². The fourth-order valence-electron chi connectivity index (χ4n) is 3.87. The maximum atomic E-state index is 12.4. The molecule has 4 heterocycles. The molecule has 0 atom stereocenters. The van der Waals surface area contributed by atoms with Gasteiger partial charge in [-0.1, -0.05) is 23.2 Å². The lowest BCUT2D eigenvalue weighted by molar-refractivity contribution is 0.261. The quantitative estimate of drug-likeness (QED) is 0.614. The Balaban J connectivity index is 1.30. The van der Waals surface area contributed by atoms with E-state index in [0.717, 1.165) is 18.2 Å². The van der Waals surface area contributed by atoms with Crippen molar-refractivity contribution in [1.82, 2.24) is 28.6 Å². The molecule has 0 bridgehead atoms. The second-order valence-corrected chi connectivity index (χ2v) is 10.8. The highest BCUT2D eigenvalue weighted by atomic mass is 35.5. The number of halogens is 2. The minimum absolute atomic E-state index is 0.0961. The zero-order chi connectivity index (χ0) is 21.0. The van der Waals surface area contributed by atoms with Gasteiger partial charge in [-0.3, -0.25) is 4.68 Å². The molecule has 0 radical (unpaired) electrons. The summed E-state index contributed by atoms with van der Waals surface area (Å²) in [5, 5.41) is 9.06. The molecule has 0 spiro atoms. The summed E-state index contributed by atoms with van der Waals surface area (Å²) in [5.74, 6) is 0.396. The minimum atomic E-state index is -3.12. The van der Waals surface area contributed by atoms with Gasteiger partial charge in [0, 0.05) is 32.5 Å². The summed E-state index contributed by atoms with van der Waals surface area (Å²) in [7, 11) is -1.25. The van der Waals surface area contributed by atoms with Gasteiger partial charge in [-0.15, -0.1) is 0 Å². The van der Waals surface area contributed by atoms with Crippen LogP contribution in [0.2, 0.25) is 10.2 Å². The highest BCUT2D eigenvalue weighted by Gasteiger charge is 2.41. The third kappa shape index (κ3) is 3.55. The van der Waals surface area contributed by atoms with Crippen LogP contribution in [0.5, 0.6) is 0 Å². The fraction of sp³-hybridized carbons (Fsp3) is 0.500.